The molecule has 0 aliphatic heterocycles. The third kappa shape index (κ3) is 5.86. The topological polar surface area (TPSA) is 49.4 Å². The van der Waals surface area contributed by atoms with Gasteiger partial charge in [-0.1, -0.05) is 59.1 Å². The Morgan fingerprint density at radius 3 is 2.37 bits per heavy atom. The minimum atomic E-state index is -0.644. The molecule has 1 N–H and O–H groups in total. The summed E-state index contributed by atoms with van der Waals surface area (Å²) in [6.45, 7) is 4.26. The van der Waals surface area contributed by atoms with Gasteiger partial charge in [-0.05, 0) is 43.2 Å². The molecule has 0 spiro atoms. The highest BCUT2D eigenvalue weighted by atomic mass is 35.5. The summed E-state index contributed by atoms with van der Waals surface area (Å²) in [6.07, 6.45) is 0.102. The number of amides is 2. The van der Waals surface area contributed by atoms with Crippen LogP contribution in [0, 0.1) is 0 Å². The lowest BCUT2D eigenvalue weighted by atomic mass is 10.1. The second kappa shape index (κ2) is 9.98. The summed E-state index contributed by atoms with van der Waals surface area (Å²) in [5.74, 6) is -0.419. The fraction of sp³-hybridized carbons (Fsp3) is 0.300. The van der Waals surface area contributed by atoms with Crippen molar-refractivity contribution in [1.29, 1.82) is 0 Å². The SMILES string of the molecule is CCNC(=O)C(C)N(Cc1ccc(Cl)c(Cl)c1)C(=O)Cc1ccccc1Cl. The first-order valence-corrected chi connectivity index (χ1v) is 9.71. The molecule has 0 aromatic heterocycles. The first kappa shape index (κ1) is 21.5. The maximum Gasteiger partial charge on any atom is 0.242 e. The molecule has 0 heterocycles. The van der Waals surface area contributed by atoms with Gasteiger partial charge in [0.2, 0.25) is 11.8 Å². The second-order valence-electron chi connectivity index (χ2n) is 6.11. The standard InChI is InChI=1S/C20H21Cl3N2O2/c1-3-24-20(27)13(2)25(12-14-8-9-17(22)18(23)10-14)19(26)11-15-6-4-5-7-16(15)21/h4-10,13H,3,11-12H2,1-2H3,(H,24,27). The number of hydrogen-bond donors (Lipinski definition) is 1. The van der Waals surface area contributed by atoms with Crippen LogP contribution in [-0.2, 0) is 22.6 Å². The summed E-state index contributed by atoms with van der Waals surface area (Å²) in [6, 6.07) is 11.7. The number of halogens is 3. The highest BCUT2D eigenvalue weighted by Gasteiger charge is 2.26. The predicted octanol–water partition coefficient (Wildman–Crippen LogP) is 4.74. The van der Waals surface area contributed by atoms with Crippen LogP contribution in [0.25, 0.3) is 0 Å². The lowest BCUT2D eigenvalue weighted by molar-refractivity contribution is -0.140. The van der Waals surface area contributed by atoms with Crippen LogP contribution >= 0.6 is 34.8 Å². The van der Waals surface area contributed by atoms with E-state index >= 15 is 0 Å². The van der Waals surface area contributed by atoms with Crippen molar-refractivity contribution >= 4 is 46.6 Å². The molecule has 27 heavy (non-hydrogen) atoms. The predicted molar refractivity (Wildman–Crippen MR) is 110 cm³/mol. The van der Waals surface area contributed by atoms with Crippen LogP contribution in [0.1, 0.15) is 25.0 Å². The van der Waals surface area contributed by atoms with E-state index in [4.69, 9.17) is 34.8 Å². The molecule has 2 aromatic carbocycles. The third-order valence-corrected chi connectivity index (χ3v) is 5.26. The van der Waals surface area contributed by atoms with Crippen LogP contribution in [0.2, 0.25) is 15.1 Å². The Hall–Kier alpha value is -1.75. The number of benzene rings is 2. The number of likely N-dealkylation sites (N-methyl/N-ethyl adjacent to an activating group) is 1. The van der Waals surface area contributed by atoms with Gasteiger partial charge in [0.1, 0.15) is 6.04 Å². The normalized spacial score (nSPS) is 11.7. The van der Waals surface area contributed by atoms with Crippen molar-refractivity contribution in [2.24, 2.45) is 0 Å². The molecule has 0 saturated carbocycles. The van der Waals surface area contributed by atoms with Crippen LogP contribution in [0.3, 0.4) is 0 Å². The Morgan fingerprint density at radius 1 is 1.04 bits per heavy atom. The average molecular weight is 428 g/mol. The Morgan fingerprint density at radius 2 is 1.74 bits per heavy atom. The summed E-state index contributed by atoms with van der Waals surface area (Å²) in [4.78, 5) is 26.9. The van der Waals surface area contributed by atoms with E-state index in [9.17, 15) is 9.59 Å². The van der Waals surface area contributed by atoms with Gasteiger partial charge >= 0.3 is 0 Å². The zero-order valence-corrected chi connectivity index (χ0v) is 17.4. The van der Waals surface area contributed by atoms with Crippen molar-refractivity contribution in [2.45, 2.75) is 32.9 Å². The Labute approximate surface area is 174 Å². The lowest BCUT2D eigenvalue weighted by Gasteiger charge is -2.29. The van der Waals surface area contributed by atoms with E-state index in [1.807, 2.05) is 13.0 Å². The third-order valence-electron chi connectivity index (χ3n) is 4.15. The molecule has 1 atom stereocenters. The summed E-state index contributed by atoms with van der Waals surface area (Å²) in [5.41, 5.74) is 1.50. The molecule has 4 nitrogen and oxygen atoms in total. The molecule has 0 fully saturated rings. The average Bonchev–Trinajstić information content (AvgIpc) is 2.64. The fourth-order valence-corrected chi connectivity index (χ4v) is 3.17. The molecule has 144 valence electrons. The van der Waals surface area contributed by atoms with Gasteiger partial charge in [-0.3, -0.25) is 9.59 Å². The van der Waals surface area contributed by atoms with Gasteiger partial charge in [0.05, 0.1) is 16.5 Å². The van der Waals surface area contributed by atoms with Crippen molar-refractivity contribution in [3.63, 3.8) is 0 Å². The molecular formula is C20H21Cl3N2O2. The first-order chi connectivity index (χ1) is 12.8. The van der Waals surface area contributed by atoms with Crippen LogP contribution < -0.4 is 5.32 Å². The minimum absolute atomic E-state index is 0.102. The summed E-state index contributed by atoms with van der Waals surface area (Å²) < 4.78 is 0. The summed E-state index contributed by atoms with van der Waals surface area (Å²) in [7, 11) is 0. The van der Waals surface area contributed by atoms with Gasteiger partial charge in [0.15, 0.2) is 0 Å². The number of carbonyl (C=O) groups is 2. The quantitative estimate of drug-likeness (QED) is 0.693. The van der Waals surface area contributed by atoms with Crippen LogP contribution in [0.15, 0.2) is 42.5 Å². The minimum Gasteiger partial charge on any atom is -0.355 e. The van der Waals surface area contributed by atoms with E-state index in [1.54, 1.807) is 43.3 Å². The second-order valence-corrected chi connectivity index (χ2v) is 7.33. The maximum atomic E-state index is 13.0. The van der Waals surface area contributed by atoms with Gasteiger partial charge in [0, 0.05) is 18.1 Å². The first-order valence-electron chi connectivity index (χ1n) is 8.58. The fourth-order valence-electron chi connectivity index (χ4n) is 2.65. The monoisotopic (exact) mass is 426 g/mol. The lowest BCUT2D eigenvalue weighted by Crippen LogP contribution is -2.48. The van der Waals surface area contributed by atoms with Gasteiger partial charge in [-0.15, -0.1) is 0 Å². The number of nitrogens with one attached hydrogen (secondary N) is 1. The highest BCUT2D eigenvalue weighted by molar-refractivity contribution is 6.42. The van der Waals surface area contributed by atoms with Crippen molar-refractivity contribution < 1.29 is 9.59 Å². The Bertz CT molecular complexity index is 827. The molecule has 0 radical (unpaired) electrons. The molecular weight excluding hydrogens is 407 g/mol. The largest absolute Gasteiger partial charge is 0.355 e. The molecule has 0 aliphatic carbocycles. The van der Waals surface area contributed by atoms with Gasteiger partial charge < -0.3 is 10.2 Å². The zero-order valence-electron chi connectivity index (χ0n) is 15.1. The summed E-state index contributed by atoms with van der Waals surface area (Å²) in [5, 5.41) is 4.11. The van der Waals surface area contributed by atoms with Gasteiger partial charge in [0.25, 0.3) is 0 Å². The molecule has 0 saturated heterocycles. The molecule has 0 bridgehead atoms. The van der Waals surface area contributed by atoms with Crippen molar-refractivity contribution in [3.05, 3.63) is 68.7 Å². The van der Waals surface area contributed by atoms with Crippen molar-refractivity contribution in [1.82, 2.24) is 10.2 Å². The van der Waals surface area contributed by atoms with E-state index in [-0.39, 0.29) is 24.8 Å². The Balaban J connectivity index is 2.27. The molecule has 2 aromatic rings. The van der Waals surface area contributed by atoms with E-state index in [0.717, 1.165) is 5.56 Å². The van der Waals surface area contributed by atoms with E-state index in [1.165, 1.54) is 4.90 Å². The zero-order chi connectivity index (χ0) is 20.0. The van der Waals surface area contributed by atoms with Crippen LogP contribution in [0.5, 0.6) is 0 Å². The van der Waals surface area contributed by atoms with E-state index in [2.05, 4.69) is 5.32 Å². The van der Waals surface area contributed by atoms with E-state index < -0.39 is 6.04 Å². The smallest absolute Gasteiger partial charge is 0.242 e. The number of hydrogen-bond acceptors (Lipinski definition) is 2. The number of nitrogens with zero attached hydrogens (tertiary/aromatic N) is 1. The van der Waals surface area contributed by atoms with Crippen molar-refractivity contribution in [3.8, 4) is 0 Å². The highest BCUT2D eigenvalue weighted by Crippen LogP contribution is 2.24. The van der Waals surface area contributed by atoms with Gasteiger partial charge in [-0.2, -0.15) is 0 Å². The van der Waals surface area contributed by atoms with E-state index in [0.29, 0.717) is 27.2 Å². The maximum absolute atomic E-state index is 13.0. The molecule has 1 unspecified atom stereocenters. The molecule has 2 rings (SSSR count). The van der Waals surface area contributed by atoms with Crippen LogP contribution in [-0.4, -0.2) is 29.3 Å². The molecule has 7 heteroatoms. The molecule has 2 amide bonds. The number of rotatable bonds is 7. The summed E-state index contributed by atoms with van der Waals surface area (Å²) >= 11 is 18.2. The van der Waals surface area contributed by atoms with Gasteiger partial charge in [-0.25, -0.2) is 0 Å². The van der Waals surface area contributed by atoms with Crippen LogP contribution in [0.4, 0.5) is 0 Å². The Kier molecular flexibility index (Phi) is 7.96. The molecule has 0 aliphatic rings. The number of carbonyl (C=O) groups excluding carboxylic acids is 2. The van der Waals surface area contributed by atoms with Crippen molar-refractivity contribution in [2.75, 3.05) is 6.54 Å².